The first-order chi connectivity index (χ1) is 10.0. The molecule has 2 rings (SSSR count). The molecule has 2 unspecified atom stereocenters. The fraction of sp³-hybridized carbons (Fsp3) is 0.647. The van der Waals surface area contributed by atoms with Gasteiger partial charge < -0.3 is 15.3 Å². The van der Waals surface area contributed by atoms with Crippen LogP contribution in [0.5, 0.6) is 0 Å². The highest BCUT2D eigenvalue weighted by Gasteiger charge is 2.30. The average molecular weight is 311 g/mol. The molecule has 4 heteroatoms. The summed E-state index contributed by atoms with van der Waals surface area (Å²) >= 11 is 6.42. The molecule has 1 aliphatic rings. The average Bonchev–Trinajstić information content (AvgIpc) is 2.81. The monoisotopic (exact) mass is 310 g/mol. The molecule has 1 aromatic carbocycles. The standard InChI is InChI=1S/C17H27ClN2O/c1-12(2)9-19-10-14-4-5-15(8-16(14)18)20-7-6-13(3)17(20)11-21/h4-5,8,12-13,17,19,21H,6-7,9-11H2,1-3H3. The maximum Gasteiger partial charge on any atom is 0.0637 e. The van der Waals surface area contributed by atoms with Gasteiger partial charge in [0.2, 0.25) is 0 Å². The zero-order chi connectivity index (χ0) is 15.4. The zero-order valence-electron chi connectivity index (χ0n) is 13.3. The number of nitrogens with zero attached hydrogens (tertiary/aromatic N) is 1. The molecular weight excluding hydrogens is 284 g/mol. The van der Waals surface area contributed by atoms with E-state index in [2.05, 4.69) is 43.1 Å². The van der Waals surface area contributed by atoms with E-state index in [4.69, 9.17) is 11.6 Å². The normalized spacial score (nSPS) is 22.3. The Bertz CT molecular complexity index is 464. The number of nitrogens with one attached hydrogen (secondary N) is 1. The number of halogens is 1. The zero-order valence-corrected chi connectivity index (χ0v) is 14.0. The van der Waals surface area contributed by atoms with Gasteiger partial charge in [-0.25, -0.2) is 0 Å². The van der Waals surface area contributed by atoms with Gasteiger partial charge in [0, 0.05) is 23.8 Å². The molecule has 0 spiro atoms. The maximum atomic E-state index is 9.58. The van der Waals surface area contributed by atoms with Crippen molar-refractivity contribution in [2.75, 3.05) is 24.6 Å². The summed E-state index contributed by atoms with van der Waals surface area (Å²) in [4.78, 5) is 2.28. The Labute approximate surface area is 133 Å². The number of aliphatic hydroxyl groups is 1. The van der Waals surface area contributed by atoms with Gasteiger partial charge in [-0.1, -0.05) is 38.4 Å². The molecule has 1 saturated heterocycles. The number of anilines is 1. The van der Waals surface area contributed by atoms with E-state index >= 15 is 0 Å². The number of benzene rings is 1. The molecule has 0 radical (unpaired) electrons. The molecule has 0 saturated carbocycles. The molecule has 3 nitrogen and oxygen atoms in total. The highest BCUT2D eigenvalue weighted by atomic mass is 35.5. The first-order valence-electron chi connectivity index (χ1n) is 7.89. The van der Waals surface area contributed by atoms with Crippen molar-refractivity contribution >= 4 is 17.3 Å². The second-order valence-corrected chi connectivity index (χ2v) is 6.92. The summed E-state index contributed by atoms with van der Waals surface area (Å²) in [6.07, 6.45) is 1.13. The van der Waals surface area contributed by atoms with E-state index < -0.39 is 0 Å². The van der Waals surface area contributed by atoms with Crippen LogP contribution in [0.1, 0.15) is 32.8 Å². The Morgan fingerprint density at radius 1 is 1.43 bits per heavy atom. The number of rotatable bonds is 6. The Morgan fingerprint density at radius 2 is 2.19 bits per heavy atom. The molecule has 0 amide bonds. The van der Waals surface area contributed by atoms with Crippen molar-refractivity contribution in [3.05, 3.63) is 28.8 Å². The van der Waals surface area contributed by atoms with E-state index in [0.717, 1.165) is 42.3 Å². The first-order valence-corrected chi connectivity index (χ1v) is 8.27. The van der Waals surface area contributed by atoms with E-state index in [9.17, 15) is 5.11 Å². The first kappa shape index (κ1) is 16.6. The minimum Gasteiger partial charge on any atom is -0.394 e. The molecule has 118 valence electrons. The van der Waals surface area contributed by atoms with Crippen molar-refractivity contribution in [1.82, 2.24) is 5.32 Å². The number of hydrogen-bond acceptors (Lipinski definition) is 3. The number of hydrogen-bond donors (Lipinski definition) is 2. The van der Waals surface area contributed by atoms with Crippen LogP contribution in [0.25, 0.3) is 0 Å². The predicted molar refractivity (Wildman–Crippen MR) is 90.0 cm³/mol. The van der Waals surface area contributed by atoms with Crippen LogP contribution < -0.4 is 10.2 Å². The minimum atomic E-state index is 0.205. The van der Waals surface area contributed by atoms with Crippen LogP contribution in [0.3, 0.4) is 0 Å². The van der Waals surface area contributed by atoms with Crippen LogP contribution >= 0.6 is 11.6 Å². The van der Waals surface area contributed by atoms with Gasteiger partial charge in [0.25, 0.3) is 0 Å². The number of aliphatic hydroxyl groups excluding tert-OH is 1. The van der Waals surface area contributed by atoms with Gasteiger partial charge in [0.1, 0.15) is 0 Å². The van der Waals surface area contributed by atoms with Crippen molar-refractivity contribution in [1.29, 1.82) is 0 Å². The lowest BCUT2D eigenvalue weighted by Gasteiger charge is -2.27. The predicted octanol–water partition coefficient (Wildman–Crippen LogP) is 3.29. The van der Waals surface area contributed by atoms with Crippen LogP contribution in [0, 0.1) is 11.8 Å². The molecule has 1 aliphatic heterocycles. The third kappa shape index (κ3) is 4.12. The maximum absolute atomic E-state index is 9.58. The Kier molecular flexibility index (Phi) is 5.91. The second-order valence-electron chi connectivity index (χ2n) is 6.51. The van der Waals surface area contributed by atoms with Crippen molar-refractivity contribution in [3.8, 4) is 0 Å². The molecule has 2 atom stereocenters. The Hall–Kier alpha value is -0.770. The van der Waals surface area contributed by atoms with Gasteiger partial charge in [0.05, 0.1) is 12.6 Å². The molecular formula is C17H27ClN2O. The van der Waals surface area contributed by atoms with Gasteiger partial charge in [0.15, 0.2) is 0 Å². The van der Waals surface area contributed by atoms with Crippen LogP contribution in [-0.2, 0) is 6.54 Å². The lowest BCUT2D eigenvalue weighted by molar-refractivity contribution is 0.245. The molecule has 21 heavy (non-hydrogen) atoms. The van der Waals surface area contributed by atoms with E-state index in [1.807, 2.05) is 6.07 Å². The SMILES string of the molecule is CC(C)CNCc1ccc(N2CCC(C)C2CO)cc1Cl. The fourth-order valence-electron chi connectivity index (χ4n) is 2.96. The van der Waals surface area contributed by atoms with E-state index in [1.54, 1.807) is 0 Å². The molecule has 1 heterocycles. The summed E-state index contributed by atoms with van der Waals surface area (Å²) in [6, 6.07) is 6.47. The van der Waals surface area contributed by atoms with E-state index in [0.29, 0.717) is 11.8 Å². The molecule has 0 aromatic heterocycles. The lowest BCUT2D eigenvalue weighted by Crippen LogP contribution is -2.35. The summed E-state index contributed by atoms with van der Waals surface area (Å²) in [7, 11) is 0. The van der Waals surface area contributed by atoms with Gasteiger partial charge in [-0.15, -0.1) is 0 Å². The van der Waals surface area contributed by atoms with Crippen molar-refractivity contribution in [2.24, 2.45) is 11.8 Å². The largest absolute Gasteiger partial charge is 0.394 e. The summed E-state index contributed by atoms with van der Waals surface area (Å²) in [5, 5.41) is 13.8. The Morgan fingerprint density at radius 3 is 2.81 bits per heavy atom. The smallest absolute Gasteiger partial charge is 0.0637 e. The fourth-order valence-corrected chi connectivity index (χ4v) is 3.20. The summed E-state index contributed by atoms with van der Waals surface area (Å²) in [6.45, 7) is 9.59. The summed E-state index contributed by atoms with van der Waals surface area (Å²) < 4.78 is 0. The summed E-state index contributed by atoms with van der Waals surface area (Å²) in [5.74, 6) is 1.17. The molecule has 0 aliphatic carbocycles. The van der Waals surface area contributed by atoms with Crippen molar-refractivity contribution < 1.29 is 5.11 Å². The quantitative estimate of drug-likeness (QED) is 0.846. The lowest BCUT2D eigenvalue weighted by atomic mass is 10.0. The molecule has 0 bridgehead atoms. The van der Waals surface area contributed by atoms with E-state index in [-0.39, 0.29) is 12.6 Å². The van der Waals surface area contributed by atoms with Gasteiger partial charge >= 0.3 is 0 Å². The van der Waals surface area contributed by atoms with Gasteiger partial charge in [-0.2, -0.15) is 0 Å². The highest BCUT2D eigenvalue weighted by molar-refractivity contribution is 6.31. The molecule has 1 fully saturated rings. The van der Waals surface area contributed by atoms with Crippen LogP contribution in [0.15, 0.2) is 18.2 Å². The van der Waals surface area contributed by atoms with Gasteiger partial charge in [-0.3, -0.25) is 0 Å². The minimum absolute atomic E-state index is 0.205. The highest BCUT2D eigenvalue weighted by Crippen LogP contribution is 2.32. The molecule has 2 N–H and O–H groups in total. The second kappa shape index (κ2) is 7.48. The van der Waals surface area contributed by atoms with Gasteiger partial charge in [-0.05, 0) is 42.5 Å². The third-order valence-corrected chi connectivity index (χ3v) is 4.66. The van der Waals surface area contributed by atoms with Crippen LogP contribution in [-0.4, -0.2) is 30.8 Å². The third-order valence-electron chi connectivity index (χ3n) is 4.31. The van der Waals surface area contributed by atoms with Crippen molar-refractivity contribution in [3.63, 3.8) is 0 Å². The van der Waals surface area contributed by atoms with Crippen LogP contribution in [0.2, 0.25) is 5.02 Å². The molecule has 1 aromatic rings. The topological polar surface area (TPSA) is 35.5 Å². The van der Waals surface area contributed by atoms with Crippen LogP contribution in [0.4, 0.5) is 5.69 Å². The van der Waals surface area contributed by atoms with Crippen molar-refractivity contribution in [2.45, 2.75) is 39.8 Å². The summed E-state index contributed by atoms with van der Waals surface area (Å²) in [5.41, 5.74) is 2.25. The Balaban J connectivity index is 2.05. The van der Waals surface area contributed by atoms with E-state index in [1.165, 1.54) is 0 Å².